The fourth-order valence-electron chi connectivity index (χ4n) is 2.43. The zero-order chi connectivity index (χ0) is 13.1. The molecule has 1 aromatic heterocycles. The SMILES string of the molecule is COc1c(CN[C@@H]2C=C[C@H](CO)C2)c(C)nn1C. The summed E-state index contributed by atoms with van der Waals surface area (Å²) in [7, 11) is 3.55. The summed E-state index contributed by atoms with van der Waals surface area (Å²) in [5.74, 6) is 1.10. The molecule has 0 spiro atoms. The summed E-state index contributed by atoms with van der Waals surface area (Å²) in [4.78, 5) is 0. The Morgan fingerprint density at radius 1 is 1.56 bits per heavy atom. The Labute approximate surface area is 107 Å². The molecule has 1 aliphatic rings. The van der Waals surface area contributed by atoms with E-state index in [9.17, 15) is 0 Å². The minimum Gasteiger partial charge on any atom is -0.481 e. The van der Waals surface area contributed by atoms with Crippen LogP contribution in [0.2, 0.25) is 0 Å². The van der Waals surface area contributed by atoms with Crippen molar-refractivity contribution in [3.63, 3.8) is 0 Å². The van der Waals surface area contributed by atoms with Gasteiger partial charge in [-0.3, -0.25) is 0 Å². The van der Waals surface area contributed by atoms with Gasteiger partial charge in [-0.15, -0.1) is 0 Å². The van der Waals surface area contributed by atoms with Crippen LogP contribution in [-0.2, 0) is 13.6 Å². The first-order valence-electron chi connectivity index (χ1n) is 6.24. The van der Waals surface area contributed by atoms with E-state index < -0.39 is 0 Å². The number of hydrogen-bond acceptors (Lipinski definition) is 4. The van der Waals surface area contributed by atoms with E-state index in [1.165, 1.54) is 0 Å². The Hall–Kier alpha value is -1.33. The molecular formula is C13H21N3O2. The molecular weight excluding hydrogens is 230 g/mol. The first kappa shape index (κ1) is 13.1. The molecule has 0 bridgehead atoms. The van der Waals surface area contributed by atoms with Gasteiger partial charge in [0, 0.05) is 32.2 Å². The standard InChI is InChI=1S/C13H21N3O2/c1-9-12(13(18-3)16(2)15-9)7-14-11-5-4-10(6-11)8-17/h4-5,10-11,14,17H,6-8H2,1-3H3/t10-,11+/m0/s1. The van der Waals surface area contributed by atoms with Crippen LogP contribution < -0.4 is 10.1 Å². The fraction of sp³-hybridized carbons (Fsp3) is 0.615. The lowest BCUT2D eigenvalue weighted by Gasteiger charge is -2.13. The molecule has 0 fully saturated rings. The van der Waals surface area contributed by atoms with Crippen LogP contribution in [0, 0.1) is 12.8 Å². The molecule has 0 radical (unpaired) electrons. The zero-order valence-corrected chi connectivity index (χ0v) is 11.2. The third kappa shape index (κ3) is 2.57. The van der Waals surface area contributed by atoms with Gasteiger partial charge in [0.05, 0.1) is 18.4 Å². The maximum atomic E-state index is 9.09. The largest absolute Gasteiger partial charge is 0.481 e. The Morgan fingerprint density at radius 2 is 2.33 bits per heavy atom. The third-order valence-electron chi connectivity index (χ3n) is 3.43. The smallest absolute Gasteiger partial charge is 0.216 e. The molecule has 5 heteroatoms. The maximum Gasteiger partial charge on any atom is 0.216 e. The van der Waals surface area contributed by atoms with Crippen molar-refractivity contribution in [2.75, 3.05) is 13.7 Å². The van der Waals surface area contributed by atoms with Crippen LogP contribution in [0.1, 0.15) is 17.7 Å². The second-order valence-electron chi connectivity index (χ2n) is 4.75. The molecule has 2 N–H and O–H groups in total. The molecule has 0 saturated carbocycles. The van der Waals surface area contributed by atoms with Crippen LogP contribution in [0.25, 0.3) is 0 Å². The molecule has 100 valence electrons. The van der Waals surface area contributed by atoms with Crippen molar-refractivity contribution >= 4 is 0 Å². The fourth-order valence-corrected chi connectivity index (χ4v) is 2.43. The van der Waals surface area contributed by atoms with Crippen LogP contribution in [0.15, 0.2) is 12.2 Å². The van der Waals surface area contributed by atoms with Crippen molar-refractivity contribution in [3.05, 3.63) is 23.4 Å². The molecule has 5 nitrogen and oxygen atoms in total. The number of rotatable bonds is 5. The molecule has 0 saturated heterocycles. The van der Waals surface area contributed by atoms with E-state index >= 15 is 0 Å². The number of aliphatic hydroxyl groups excluding tert-OH is 1. The summed E-state index contributed by atoms with van der Waals surface area (Å²) >= 11 is 0. The number of hydrogen-bond donors (Lipinski definition) is 2. The van der Waals surface area contributed by atoms with E-state index in [1.54, 1.807) is 11.8 Å². The van der Waals surface area contributed by atoms with Gasteiger partial charge in [-0.05, 0) is 13.3 Å². The van der Waals surface area contributed by atoms with Gasteiger partial charge in [0.25, 0.3) is 0 Å². The van der Waals surface area contributed by atoms with E-state index in [4.69, 9.17) is 9.84 Å². The minimum absolute atomic E-state index is 0.226. The topological polar surface area (TPSA) is 59.3 Å². The summed E-state index contributed by atoms with van der Waals surface area (Å²) in [6, 6.07) is 0.325. The van der Waals surface area contributed by atoms with Gasteiger partial charge in [-0.25, -0.2) is 4.68 Å². The Morgan fingerprint density at radius 3 is 2.94 bits per heavy atom. The Balaban J connectivity index is 1.97. The first-order chi connectivity index (χ1) is 8.65. The van der Waals surface area contributed by atoms with Gasteiger partial charge < -0.3 is 15.2 Å². The number of aryl methyl sites for hydroxylation is 2. The van der Waals surface area contributed by atoms with E-state index in [2.05, 4.69) is 22.6 Å². The number of methoxy groups -OCH3 is 1. The number of aliphatic hydroxyl groups is 1. The normalized spacial score (nSPS) is 22.7. The summed E-state index contributed by atoms with van der Waals surface area (Å²) in [5, 5.41) is 16.9. The van der Waals surface area contributed by atoms with Crippen molar-refractivity contribution in [2.24, 2.45) is 13.0 Å². The first-order valence-corrected chi connectivity index (χ1v) is 6.24. The Kier molecular flexibility index (Phi) is 4.04. The molecule has 2 rings (SSSR count). The van der Waals surface area contributed by atoms with Gasteiger partial charge in [0.1, 0.15) is 0 Å². The minimum atomic E-state index is 0.226. The number of nitrogens with zero attached hydrogens (tertiary/aromatic N) is 2. The van der Waals surface area contributed by atoms with E-state index in [1.807, 2.05) is 14.0 Å². The van der Waals surface area contributed by atoms with Gasteiger partial charge in [-0.1, -0.05) is 12.2 Å². The summed E-state index contributed by atoms with van der Waals surface area (Å²) in [6.07, 6.45) is 5.15. The number of ether oxygens (including phenoxy) is 1. The van der Waals surface area contributed by atoms with Gasteiger partial charge in [0.2, 0.25) is 5.88 Å². The van der Waals surface area contributed by atoms with Crippen molar-refractivity contribution in [2.45, 2.75) is 25.9 Å². The predicted molar refractivity (Wildman–Crippen MR) is 69.5 cm³/mol. The lowest BCUT2D eigenvalue weighted by atomic mass is 10.1. The van der Waals surface area contributed by atoms with Gasteiger partial charge >= 0.3 is 0 Å². The quantitative estimate of drug-likeness (QED) is 0.759. The summed E-state index contributed by atoms with van der Waals surface area (Å²) in [5.41, 5.74) is 2.09. The van der Waals surface area contributed by atoms with Crippen molar-refractivity contribution < 1.29 is 9.84 Å². The molecule has 1 aliphatic carbocycles. The van der Waals surface area contributed by atoms with Crippen molar-refractivity contribution in [1.82, 2.24) is 15.1 Å². The zero-order valence-electron chi connectivity index (χ0n) is 11.2. The average molecular weight is 251 g/mol. The second-order valence-corrected chi connectivity index (χ2v) is 4.75. The van der Waals surface area contributed by atoms with Crippen LogP contribution >= 0.6 is 0 Å². The lowest BCUT2D eigenvalue weighted by Crippen LogP contribution is -2.26. The molecule has 1 heterocycles. The highest BCUT2D eigenvalue weighted by molar-refractivity contribution is 5.31. The van der Waals surface area contributed by atoms with Crippen LogP contribution in [0.3, 0.4) is 0 Å². The molecule has 1 aromatic rings. The number of nitrogens with one attached hydrogen (secondary N) is 1. The number of aromatic nitrogens is 2. The molecule has 0 aromatic carbocycles. The molecule has 0 amide bonds. The highest BCUT2D eigenvalue weighted by Crippen LogP contribution is 2.22. The molecule has 0 aliphatic heterocycles. The highest BCUT2D eigenvalue weighted by Gasteiger charge is 2.19. The summed E-state index contributed by atoms with van der Waals surface area (Å²) in [6.45, 7) is 2.94. The monoisotopic (exact) mass is 251 g/mol. The van der Waals surface area contributed by atoms with Crippen molar-refractivity contribution in [1.29, 1.82) is 0 Å². The predicted octanol–water partition coefficient (Wildman–Crippen LogP) is 0.764. The Bertz CT molecular complexity index is 440. The van der Waals surface area contributed by atoms with Gasteiger partial charge in [-0.2, -0.15) is 5.10 Å². The van der Waals surface area contributed by atoms with E-state index in [0.29, 0.717) is 12.0 Å². The summed E-state index contributed by atoms with van der Waals surface area (Å²) < 4.78 is 7.11. The van der Waals surface area contributed by atoms with Crippen molar-refractivity contribution in [3.8, 4) is 5.88 Å². The third-order valence-corrected chi connectivity index (χ3v) is 3.43. The molecule has 18 heavy (non-hydrogen) atoms. The van der Waals surface area contributed by atoms with Crippen LogP contribution in [0.5, 0.6) is 5.88 Å². The maximum absolute atomic E-state index is 9.09. The average Bonchev–Trinajstić information content (AvgIpc) is 2.91. The highest BCUT2D eigenvalue weighted by atomic mass is 16.5. The van der Waals surface area contributed by atoms with Crippen LogP contribution in [0.4, 0.5) is 0 Å². The van der Waals surface area contributed by atoms with Crippen LogP contribution in [-0.4, -0.2) is 34.6 Å². The second kappa shape index (κ2) is 5.54. The van der Waals surface area contributed by atoms with E-state index in [0.717, 1.165) is 30.1 Å². The lowest BCUT2D eigenvalue weighted by molar-refractivity contribution is 0.246. The molecule has 0 unspecified atom stereocenters. The van der Waals surface area contributed by atoms with E-state index in [-0.39, 0.29) is 6.61 Å². The molecule has 2 atom stereocenters. The van der Waals surface area contributed by atoms with Gasteiger partial charge in [0.15, 0.2) is 0 Å².